The molecule has 24 heavy (non-hydrogen) atoms. The number of piperazine rings is 1. The highest BCUT2D eigenvalue weighted by Gasteiger charge is 2.26. The van der Waals surface area contributed by atoms with E-state index in [0.29, 0.717) is 0 Å². The van der Waals surface area contributed by atoms with E-state index in [-0.39, 0.29) is 6.04 Å². The topological polar surface area (TPSA) is 63.2 Å². The van der Waals surface area contributed by atoms with Gasteiger partial charge in [0.25, 0.3) is 0 Å². The van der Waals surface area contributed by atoms with Gasteiger partial charge in [0.05, 0.1) is 12.6 Å². The monoisotopic (exact) mass is 332 g/mol. The molecule has 7 nitrogen and oxygen atoms in total. The Labute approximate surface area is 143 Å². The number of rotatable bonds is 7. The van der Waals surface area contributed by atoms with E-state index in [2.05, 4.69) is 43.3 Å². The van der Waals surface area contributed by atoms with Crippen LogP contribution in [0.15, 0.2) is 16.9 Å². The van der Waals surface area contributed by atoms with Crippen LogP contribution in [-0.4, -0.2) is 55.7 Å². The van der Waals surface area contributed by atoms with Crippen LogP contribution in [0.3, 0.4) is 0 Å². The summed E-state index contributed by atoms with van der Waals surface area (Å²) in [6.07, 6.45) is 7.03. The molecule has 0 saturated carbocycles. The standard InChI is InChI=1S/C17H28N6O/c1-4-5-6-15-19-17(24-20-15)14(2)23-11-9-22(10-12-23)13-16-18-7-8-21(16)3/h7-8,14H,4-6,9-13H2,1-3H3/t14-/m0/s1. The molecule has 2 aromatic rings. The summed E-state index contributed by atoms with van der Waals surface area (Å²) in [5, 5.41) is 4.11. The Bertz CT molecular complexity index is 629. The summed E-state index contributed by atoms with van der Waals surface area (Å²) in [5.74, 6) is 2.71. The average Bonchev–Trinajstić information content (AvgIpc) is 3.23. The number of unbranched alkanes of at least 4 members (excludes halogenated alkanes) is 1. The van der Waals surface area contributed by atoms with Gasteiger partial charge < -0.3 is 9.09 Å². The van der Waals surface area contributed by atoms with E-state index in [1.165, 1.54) is 0 Å². The SMILES string of the molecule is CCCCc1noc([C@H](C)N2CCN(Cc3nccn3C)CC2)n1. The maximum Gasteiger partial charge on any atom is 0.243 e. The van der Waals surface area contributed by atoms with E-state index < -0.39 is 0 Å². The molecule has 0 aliphatic carbocycles. The first-order valence-electron chi connectivity index (χ1n) is 8.92. The number of hydrogen-bond acceptors (Lipinski definition) is 6. The number of imidazole rings is 1. The van der Waals surface area contributed by atoms with Crippen LogP contribution in [0.4, 0.5) is 0 Å². The molecule has 1 fully saturated rings. The smallest absolute Gasteiger partial charge is 0.243 e. The van der Waals surface area contributed by atoms with Gasteiger partial charge in [-0.05, 0) is 13.3 Å². The molecule has 3 heterocycles. The van der Waals surface area contributed by atoms with Crippen molar-refractivity contribution in [2.45, 2.75) is 45.7 Å². The van der Waals surface area contributed by atoms with Crippen molar-refractivity contribution in [3.63, 3.8) is 0 Å². The van der Waals surface area contributed by atoms with Crippen molar-refractivity contribution in [1.82, 2.24) is 29.5 Å². The third-order valence-electron chi connectivity index (χ3n) is 4.84. The highest BCUT2D eigenvalue weighted by atomic mass is 16.5. The Morgan fingerprint density at radius 1 is 1.25 bits per heavy atom. The second-order valence-corrected chi connectivity index (χ2v) is 6.59. The lowest BCUT2D eigenvalue weighted by Gasteiger charge is -2.36. The zero-order valence-electron chi connectivity index (χ0n) is 15.0. The maximum atomic E-state index is 5.47. The van der Waals surface area contributed by atoms with Gasteiger partial charge in [-0.15, -0.1) is 0 Å². The van der Waals surface area contributed by atoms with Gasteiger partial charge in [-0.3, -0.25) is 9.80 Å². The third-order valence-corrected chi connectivity index (χ3v) is 4.84. The molecule has 0 spiro atoms. The zero-order valence-corrected chi connectivity index (χ0v) is 15.0. The first-order chi connectivity index (χ1) is 11.7. The first-order valence-corrected chi connectivity index (χ1v) is 8.92. The van der Waals surface area contributed by atoms with Gasteiger partial charge in [-0.2, -0.15) is 4.98 Å². The summed E-state index contributed by atoms with van der Waals surface area (Å²) in [4.78, 5) is 13.9. The quantitative estimate of drug-likeness (QED) is 0.773. The Balaban J connectivity index is 1.50. The molecule has 1 saturated heterocycles. The molecule has 0 aromatic carbocycles. The highest BCUT2D eigenvalue weighted by molar-refractivity contribution is 4.95. The molecule has 1 aliphatic rings. The van der Waals surface area contributed by atoms with Crippen LogP contribution in [0, 0.1) is 0 Å². The van der Waals surface area contributed by atoms with Crippen LogP contribution in [0.5, 0.6) is 0 Å². The van der Waals surface area contributed by atoms with Crippen molar-refractivity contribution in [3.8, 4) is 0 Å². The number of aryl methyl sites for hydroxylation is 2. The Morgan fingerprint density at radius 3 is 2.71 bits per heavy atom. The molecule has 1 atom stereocenters. The molecule has 0 unspecified atom stereocenters. The predicted molar refractivity (Wildman–Crippen MR) is 91.4 cm³/mol. The van der Waals surface area contributed by atoms with Crippen molar-refractivity contribution < 1.29 is 4.52 Å². The lowest BCUT2D eigenvalue weighted by Crippen LogP contribution is -2.46. The number of nitrogens with zero attached hydrogens (tertiary/aromatic N) is 6. The van der Waals surface area contributed by atoms with Crippen LogP contribution in [-0.2, 0) is 20.0 Å². The van der Waals surface area contributed by atoms with Gasteiger partial charge in [-0.1, -0.05) is 18.5 Å². The molecule has 0 radical (unpaired) electrons. The summed E-state index contributed by atoms with van der Waals surface area (Å²) in [6.45, 7) is 9.34. The minimum absolute atomic E-state index is 0.184. The molecule has 1 aliphatic heterocycles. The van der Waals surface area contributed by atoms with Crippen LogP contribution >= 0.6 is 0 Å². The van der Waals surface area contributed by atoms with Crippen molar-refractivity contribution in [2.75, 3.05) is 26.2 Å². The van der Waals surface area contributed by atoms with Gasteiger partial charge in [0, 0.05) is 52.0 Å². The molecule has 132 valence electrons. The van der Waals surface area contributed by atoms with E-state index in [0.717, 1.165) is 69.5 Å². The van der Waals surface area contributed by atoms with Crippen LogP contribution in [0.2, 0.25) is 0 Å². The van der Waals surface area contributed by atoms with E-state index in [4.69, 9.17) is 4.52 Å². The summed E-state index contributed by atoms with van der Waals surface area (Å²) < 4.78 is 7.56. The zero-order chi connectivity index (χ0) is 16.9. The lowest BCUT2D eigenvalue weighted by molar-refractivity contribution is 0.0827. The minimum Gasteiger partial charge on any atom is -0.338 e. The van der Waals surface area contributed by atoms with Crippen LogP contribution in [0.1, 0.15) is 50.3 Å². The molecule has 7 heteroatoms. The molecule has 2 aromatic heterocycles. The largest absolute Gasteiger partial charge is 0.338 e. The van der Waals surface area contributed by atoms with Gasteiger partial charge in [-0.25, -0.2) is 4.98 Å². The molecule has 0 bridgehead atoms. The van der Waals surface area contributed by atoms with Crippen LogP contribution in [0.25, 0.3) is 0 Å². The summed E-state index contributed by atoms with van der Waals surface area (Å²) in [5.41, 5.74) is 0. The number of aromatic nitrogens is 4. The summed E-state index contributed by atoms with van der Waals surface area (Å²) in [7, 11) is 2.05. The maximum absolute atomic E-state index is 5.47. The van der Waals surface area contributed by atoms with Gasteiger partial charge in [0.2, 0.25) is 5.89 Å². The fourth-order valence-electron chi connectivity index (χ4n) is 3.09. The first kappa shape index (κ1) is 17.1. The van der Waals surface area contributed by atoms with E-state index >= 15 is 0 Å². The van der Waals surface area contributed by atoms with Crippen molar-refractivity contribution in [2.24, 2.45) is 7.05 Å². The van der Waals surface area contributed by atoms with Gasteiger partial charge in [0.15, 0.2) is 5.82 Å². The predicted octanol–water partition coefficient (Wildman–Crippen LogP) is 2.02. The molecule has 0 amide bonds. The van der Waals surface area contributed by atoms with Crippen LogP contribution < -0.4 is 0 Å². The molecular formula is C17H28N6O. The van der Waals surface area contributed by atoms with Gasteiger partial charge >= 0.3 is 0 Å². The summed E-state index contributed by atoms with van der Waals surface area (Å²) in [6, 6.07) is 0.184. The van der Waals surface area contributed by atoms with Gasteiger partial charge in [0.1, 0.15) is 5.82 Å². The lowest BCUT2D eigenvalue weighted by atomic mass is 10.2. The minimum atomic E-state index is 0.184. The van der Waals surface area contributed by atoms with E-state index in [1.807, 2.05) is 19.4 Å². The second kappa shape index (κ2) is 7.90. The normalized spacial score (nSPS) is 18.1. The Morgan fingerprint density at radius 2 is 2.04 bits per heavy atom. The summed E-state index contributed by atoms with van der Waals surface area (Å²) >= 11 is 0. The fourth-order valence-corrected chi connectivity index (χ4v) is 3.09. The van der Waals surface area contributed by atoms with E-state index in [9.17, 15) is 0 Å². The third kappa shape index (κ3) is 4.02. The Hall–Kier alpha value is -1.73. The molecule has 0 N–H and O–H groups in total. The van der Waals surface area contributed by atoms with Crippen molar-refractivity contribution in [1.29, 1.82) is 0 Å². The fraction of sp³-hybridized carbons (Fsp3) is 0.706. The second-order valence-electron chi connectivity index (χ2n) is 6.59. The molecule has 3 rings (SSSR count). The van der Waals surface area contributed by atoms with Crippen molar-refractivity contribution in [3.05, 3.63) is 29.9 Å². The highest BCUT2D eigenvalue weighted by Crippen LogP contribution is 2.21. The average molecular weight is 332 g/mol. The molecular weight excluding hydrogens is 304 g/mol. The van der Waals surface area contributed by atoms with E-state index in [1.54, 1.807) is 0 Å². The Kier molecular flexibility index (Phi) is 5.63. The van der Waals surface area contributed by atoms with Crippen molar-refractivity contribution >= 4 is 0 Å². The number of hydrogen-bond donors (Lipinski definition) is 0.